The van der Waals surface area contributed by atoms with Crippen molar-refractivity contribution < 1.29 is 19.5 Å². The Balaban J connectivity index is 1.74. The molecule has 166 valence electrons. The molecule has 1 aliphatic heterocycles. The van der Waals surface area contributed by atoms with Gasteiger partial charge >= 0.3 is 5.97 Å². The molecule has 4 aromatic rings. The van der Waals surface area contributed by atoms with Gasteiger partial charge in [-0.15, -0.1) is 11.3 Å². The number of benzene rings is 3. The number of imide groups is 1. The van der Waals surface area contributed by atoms with Crippen LogP contribution in [0.15, 0.2) is 83.9 Å². The van der Waals surface area contributed by atoms with Gasteiger partial charge in [0.05, 0.1) is 23.2 Å². The fourth-order valence-corrected chi connectivity index (χ4v) is 5.49. The van der Waals surface area contributed by atoms with Gasteiger partial charge in [-0.05, 0) is 36.0 Å². The van der Waals surface area contributed by atoms with Crippen LogP contribution in [0.4, 0.5) is 5.00 Å². The van der Waals surface area contributed by atoms with Gasteiger partial charge < -0.3 is 5.11 Å². The van der Waals surface area contributed by atoms with Crippen molar-refractivity contribution in [1.82, 2.24) is 0 Å². The lowest BCUT2D eigenvalue weighted by Crippen LogP contribution is -2.29. The number of hydrogen-bond donors (Lipinski definition) is 1. The third-order valence-corrected chi connectivity index (χ3v) is 6.96. The topological polar surface area (TPSA) is 87.0 Å². The highest BCUT2D eigenvalue weighted by Crippen LogP contribution is 2.49. The van der Waals surface area contributed by atoms with Crippen molar-refractivity contribution in [1.29, 1.82) is 0 Å². The van der Waals surface area contributed by atoms with Crippen molar-refractivity contribution in [2.45, 2.75) is 6.54 Å². The van der Waals surface area contributed by atoms with Crippen LogP contribution < -0.4 is 4.90 Å². The second kappa shape index (κ2) is 8.53. The molecule has 0 saturated heterocycles. The Hall–Kier alpha value is -4.36. The molecule has 0 atom stereocenters. The second-order valence-corrected chi connectivity index (χ2v) is 8.71. The number of fused-ring (bicyclic) bond motifs is 1. The standard InChI is InChI=1S/C27H18N2O4S/c1-28-15-21-22(16-8-4-2-5-9-16)23(17-10-6-3-7-11-17)34-26(21)29-24(30)19-13-12-18(27(32)33)14-20(19)25(29)31/h2-14H,1,15H2,(H,32,33). The summed E-state index contributed by atoms with van der Waals surface area (Å²) in [7, 11) is 0. The maximum atomic E-state index is 13.4. The van der Waals surface area contributed by atoms with Gasteiger partial charge in [-0.1, -0.05) is 60.7 Å². The fourth-order valence-electron chi connectivity index (χ4n) is 4.15. The Bertz CT molecular complexity index is 1460. The molecule has 3 aromatic carbocycles. The van der Waals surface area contributed by atoms with Crippen LogP contribution >= 0.6 is 11.3 Å². The van der Waals surface area contributed by atoms with Crippen LogP contribution in [0.3, 0.4) is 0 Å². The first-order valence-corrected chi connectivity index (χ1v) is 11.3. The minimum Gasteiger partial charge on any atom is -0.478 e. The Kier molecular flexibility index (Phi) is 5.39. The van der Waals surface area contributed by atoms with Crippen LogP contribution in [0.25, 0.3) is 21.6 Å². The zero-order valence-electron chi connectivity index (χ0n) is 17.9. The van der Waals surface area contributed by atoms with Gasteiger partial charge in [0.1, 0.15) is 5.00 Å². The number of aliphatic imine (C=N–C) groups is 1. The summed E-state index contributed by atoms with van der Waals surface area (Å²) in [5, 5.41) is 9.80. The number of carboxylic acid groups (broad SMARTS) is 1. The van der Waals surface area contributed by atoms with E-state index in [2.05, 4.69) is 11.7 Å². The summed E-state index contributed by atoms with van der Waals surface area (Å²) in [6, 6.07) is 23.5. The average Bonchev–Trinajstić information content (AvgIpc) is 3.34. The zero-order valence-corrected chi connectivity index (χ0v) is 18.7. The van der Waals surface area contributed by atoms with Gasteiger partial charge in [0.15, 0.2) is 0 Å². The number of carboxylic acids is 1. The van der Waals surface area contributed by atoms with Crippen molar-refractivity contribution in [3.63, 3.8) is 0 Å². The maximum absolute atomic E-state index is 13.4. The van der Waals surface area contributed by atoms with E-state index in [0.717, 1.165) is 32.0 Å². The molecule has 0 unspecified atom stereocenters. The van der Waals surface area contributed by atoms with E-state index >= 15 is 0 Å². The molecule has 34 heavy (non-hydrogen) atoms. The van der Waals surface area contributed by atoms with Crippen LogP contribution in [0.2, 0.25) is 0 Å². The van der Waals surface area contributed by atoms with Crippen LogP contribution in [-0.4, -0.2) is 29.6 Å². The summed E-state index contributed by atoms with van der Waals surface area (Å²) in [4.78, 5) is 44.3. The lowest BCUT2D eigenvalue weighted by atomic mass is 9.98. The summed E-state index contributed by atoms with van der Waals surface area (Å²) >= 11 is 1.34. The molecule has 0 bridgehead atoms. The van der Waals surface area contributed by atoms with Crippen LogP contribution in [0.1, 0.15) is 36.6 Å². The molecule has 0 radical (unpaired) electrons. The van der Waals surface area contributed by atoms with Crippen molar-refractivity contribution in [3.05, 3.63) is 101 Å². The number of thiophene rings is 1. The molecule has 5 rings (SSSR count). The molecular formula is C27H18N2O4S. The van der Waals surface area contributed by atoms with Gasteiger partial charge in [0.2, 0.25) is 0 Å². The summed E-state index contributed by atoms with van der Waals surface area (Å²) in [6.07, 6.45) is 0. The molecule has 0 saturated carbocycles. The largest absolute Gasteiger partial charge is 0.478 e. The Morgan fingerprint density at radius 2 is 1.50 bits per heavy atom. The van der Waals surface area contributed by atoms with E-state index in [-0.39, 0.29) is 23.2 Å². The lowest BCUT2D eigenvalue weighted by Gasteiger charge is -2.14. The predicted molar refractivity (Wildman–Crippen MR) is 133 cm³/mol. The quantitative estimate of drug-likeness (QED) is 0.288. The van der Waals surface area contributed by atoms with Crippen LogP contribution in [0.5, 0.6) is 0 Å². The van der Waals surface area contributed by atoms with E-state index in [4.69, 9.17) is 0 Å². The normalized spacial score (nSPS) is 12.6. The molecule has 6 nitrogen and oxygen atoms in total. The summed E-state index contributed by atoms with van der Waals surface area (Å²) in [5.74, 6) is -2.19. The Morgan fingerprint density at radius 1 is 0.882 bits per heavy atom. The second-order valence-electron chi connectivity index (χ2n) is 7.71. The van der Waals surface area contributed by atoms with Gasteiger partial charge in [-0.2, -0.15) is 0 Å². The number of rotatable bonds is 6. The predicted octanol–water partition coefficient (Wildman–Crippen LogP) is 5.78. The van der Waals surface area contributed by atoms with Crippen molar-refractivity contribution >= 4 is 40.8 Å². The van der Waals surface area contributed by atoms with Gasteiger partial charge in [-0.25, -0.2) is 9.69 Å². The molecule has 1 aromatic heterocycles. The first kappa shape index (κ1) is 21.5. The number of aromatic carboxylic acids is 1. The van der Waals surface area contributed by atoms with E-state index < -0.39 is 17.8 Å². The number of carbonyl (C=O) groups excluding carboxylic acids is 2. The summed E-state index contributed by atoms with van der Waals surface area (Å²) in [5.41, 5.74) is 3.72. The first-order valence-electron chi connectivity index (χ1n) is 10.5. The number of hydrogen-bond acceptors (Lipinski definition) is 5. The smallest absolute Gasteiger partial charge is 0.335 e. The van der Waals surface area contributed by atoms with Crippen LogP contribution in [0, 0.1) is 0 Å². The molecule has 1 N–H and O–H groups in total. The number of carbonyl (C=O) groups is 3. The minimum atomic E-state index is -1.16. The zero-order chi connectivity index (χ0) is 23.8. The molecule has 7 heteroatoms. The molecular weight excluding hydrogens is 448 g/mol. The van der Waals surface area contributed by atoms with Crippen molar-refractivity contribution in [2.24, 2.45) is 4.99 Å². The third kappa shape index (κ3) is 3.43. The lowest BCUT2D eigenvalue weighted by molar-refractivity contribution is 0.0696. The number of nitrogens with zero attached hydrogens (tertiary/aromatic N) is 2. The average molecular weight is 467 g/mol. The van der Waals surface area contributed by atoms with E-state index in [0.29, 0.717) is 5.00 Å². The Morgan fingerprint density at radius 3 is 2.12 bits per heavy atom. The SMILES string of the molecule is C=NCc1c(N2C(=O)c3ccc(C(=O)O)cc3C2=O)sc(-c2ccccc2)c1-c1ccccc1. The first-order chi connectivity index (χ1) is 16.5. The summed E-state index contributed by atoms with van der Waals surface area (Å²) in [6.45, 7) is 3.86. The molecule has 1 aliphatic rings. The number of anilines is 1. The Labute approximate surface area is 199 Å². The molecule has 0 spiro atoms. The molecule has 0 aliphatic carbocycles. The molecule has 2 heterocycles. The number of amides is 2. The highest BCUT2D eigenvalue weighted by molar-refractivity contribution is 7.20. The van der Waals surface area contributed by atoms with Crippen molar-refractivity contribution in [3.8, 4) is 21.6 Å². The molecule has 0 fully saturated rings. The van der Waals surface area contributed by atoms with E-state index in [1.54, 1.807) is 0 Å². The minimum absolute atomic E-state index is 0.0455. The highest BCUT2D eigenvalue weighted by atomic mass is 32.1. The maximum Gasteiger partial charge on any atom is 0.335 e. The van der Waals surface area contributed by atoms with Gasteiger partial charge in [0.25, 0.3) is 11.8 Å². The summed E-state index contributed by atoms with van der Waals surface area (Å²) < 4.78 is 0. The monoisotopic (exact) mass is 466 g/mol. The van der Waals surface area contributed by atoms with E-state index in [1.807, 2.05) is 60.7 Å². The van der Waals surface area contributed by atoms with E-state index in [1.165, 1.54) is 29.5 Å². The van der Waals surface area contributed by atoms with Gasteiger partial charge in [-0.3, -0.25) is 14.6 Å². The fraction of sp³-hybridized carbons (Fsp3) is 0.0370. The third-order valence-electron chi connectivity index (χ3n) is 5.69. The molecule has 2 amide bonds. The van der Waals surface area contributed by atoms with Crippen LogP contribution in [-0.2, 0) is 6.54 Å². The van der Waals surface area contributed by atoms with Gasteiger partial charge in [0, 0.05) is 16.0 Å². The van der Waals surface area contributed by atoms with E-state index in [9.17, 15) is 19.5 Å². The highest BCUT2D eigenvalue weighted by Gasteiger charge is 2.40. The van der Waals surface area contributed by atoms with Crippen molar-refractivity contribution in [2.75, 3.05) is 4.90 Å².